The highest BCUT2D eigenvalue weighted by Gasteiger charge is 2.14. The minimum Gasteiger partial charge on any atom is -0.302 e. The predicted octanol–water partition coefficient (Wildman–Crippen LogP) is 0.412. The van der Waals surface area contributed by atoms with Gasteiger partial charge in [-0.25, -0.2) is 13.1 Å². The molecule has 0 aromatic carbocycles. The molecule has 0 spiro atoms. The zero-order valence-electron chi connectivity index (χ0n) is 8.83. The van der Waals surface area contributed by atoms with E-state index in [1.165, 1.54) is 19.3 Å². The summed E-state index contributed by atoms with van der Waals surface area (Å²) in [6, 6.07) is 0. The Morgan fingerprint density at radius 1 is 1.21 bits per heavy atom. The summed E-state index contributed by atoms with van der Waals surface area (Å²) >= 11 is 0. The van der Waals surface area contributed by atoms with E-state index in [0.717, 1.165) is 13.1 Å². The second-order valence-electron chi connectivity index (χ2n) is 3.72. The molecule has 0 atom stereocenters. The molecule has 1 aliphatic rings. The number of likely N-dealkylation sites (tertiary alicyclic amines) is 1. The quantitative estimate of drug-likeness (QED) is 0.730. The van der Waals surface area contributed by atoms with Gasteiger partial charge in [-0.3, -0.25) is 0 Å². The highest BCUT2D eigenvalue weighted by Crippen LogP contribution is 2.07. The van der Waals surface area contributed by atoms with E-state index in [0.29, 0.717) is 13.1 Å². The molecule has 0 bridgehead atoms. The van der Waals surface area contributed by atoms with E-state index in [2.05, 4.69) is 9.62 Å². The molecule has 4 nitrogen and oxygen atoms in total. The number of sulfonamides is 1. The van der Waals surface area contributed by atoms with Gasteiger partial charge in [-0.1, -0.05) is 13.3 Å². The van der Waals surface area contributed by atoms with E-state index in [1.54, 1.807) is 6.92 Å². The lowest BCUT2D eigenvalue weighted by molar-refractivity contribution is 0.241. The maximum atomic E-state index is 11.3. The zero-order valence-corrected chi connectivity index (χ0v) is 9.65. The lowest BCUT2D eigenvalue weighted by Gasteiger charge is -2.26. The smallest absolute Gasteiger partial charge is 0.212 e. The van der Waals surface area contributed by atoms with Gasteiger partial charge in [0.1, 0.15) is 0 Å². The van der Waals surface area contributed by atoms with Gasteiger partial charge in [0.25, 0.3) is 0 Å². The van der Waals surface area contributed by atoms with Crippen molar-refractivity contribution in [3.05, 3.63) is 0 Å². The van der Waals surface area contributed by atoms with Gasteiger partial charge in [0, 0.05) is 13.1 Å². The van der Waals surface area contributed by atoms with E-state index in [-0.39, 0.29) is 5.75 Å². The van der Waals surface area contributed by atoms with Crippen molar-refractivity contribution >= 4 is 10.0 Å². The van der Waals surface area contributed by atoms with Gasteiger partial charge in [0.15, 0.2) is 0 Å². The van der Waals surface area contributed by atoms with Gasteiger partial charge in [-0.2, -0.15) is 0 Å². The normalized spacial score (nSPS) is 19.8. The van der Waals surface area contributed by atoms with Gasteiger partial charge in [-0.15, -0.1) is 0 Å². The van der Waals surface area contributed by atoms with E-state index in [9.17, 15) is 8.42 Å². The van der Waals surface area contributed by atoms with Crippen LogP contribution < -0.4 is 4.72 Å². The number of rotatable bonds is 5. The van der Waals surface area contributed by atoms with Crippen LogP contribution in [0.15, 0.2) is 0 Å². The molecular formula is C9H20N2O2S. The third-order valence-corrected chi connectivity index (χ3v) is 3.94. The molecule has 0 amide bonds. The Kier molecular flexibility index (Phi) is 4.84. The molecule has 1 rings (SSSR count). The lowest BCUT2D eigenvalue weighted by Crippen LogP contribution is -2.37. The third-order valence-electron chi connectivity index (χ3n) is 2.49. The maximum absolute atomic E-state index is 11.3. The molecule has 1 fully saturated rings. The van der Waals surface area contributed by atoms with Crippen molar-refractivity contribution in [3.63, 3.8) is 0 Å². The molecule has 1 aliphatic heterocycles. The Bertz CT molecular complexity index is 246. The average Bonchev–Trinajstić information content (AvgIpc) is 2.17. The van der Waals surface area contributed by atoms with E-state index < -0.39 is 10.0 Å². The van der Waals surface area contributed by atoms with Crippen LogP contribution in [0.5, 0.6) is 0 Å². The van der Waals surface area contributed by atoms with Gasteiger partial charge >= 0.3 is 0 Å². The summed E-state index contributed by atoms with van der Waals surface area (Å²) in [5.74, 6) is 0.237. The van der Waals surface area contributed by atoms with Crippen molar-refractivity contribution in [3.8, 4) is 0 Å². The second kappa shape index (κ2) is 5.68. The van der Waals surface area contributed by atoms with E-state index in [4.69, 9.17) is 0 Å². The van der Waals surface area contributed by atoms with Crippen LogP contribution >= 0.6 is 0 Å². The van der Waals surface area contributed by atoms with Crippen LogP contribution in [0.4, 0.5) is 0 Å². The Labute approximate surface area is 86.7 Å². The van der Waals surface area contributed by atoms with Crippen molar-refractivity contribution < 1.29 is 8.42 Å². The zero-order chi connectivity index (χ0) is 10.4. The highest BCUT2D eigenvalue weighted by molar-refractivity contribution is 7.89. The van der Waals surface area contributed by atoms with Crippen LogP contribution in [0.1, 0.15) is 26.2 Å². The molecule has 1 saturated heterocycles. The standard InChI is InChI=1S/C9H20N2O2S/c1-2-10-14(12,13)9-8-11-6-4-3-5-7-11/h10H,2-9H2,1H3. The van der Waals surface area contributed by atoms with Gasteiger partial charge in [0.05, 0.1) is 5.75 Å². The van der Waals surface area contributed by atoms with Crippen LogP contribution in [0.25, 0.3) is 0 Å². The molecule has 84 valence electrons. The van der Waals surface area contributed by atoms with Crippen molar-refractivity contribution in [2.75, 3.05) is 31.9 Å². The number of nitrogens with one attached hydrogen (secondary N) is 1. The van der Waals surface area contributed by atoms with Gasteiger partial charge in [0.2, 0.25) is 10.0 Å². The molecule has 0 aliphatic carbocycles. The summed E-state index contributed by atoms with van der Waals surface area (Å²) in [6.45, 7) is 5.08. The Hall–Kier alpha value is -0.130. The molecule has 0 unspecified atom stereocenters. The summed E-state index contributed by atoms with van der Waals surface area (Å²) < 4.78 is 25.2. The number of piperidine rings is 1. The van der Waals surface area contributed by atoms with Crippen molar-refractivity contribution in [2.45, 2.75) is 26.2 Å². The van der Waals surface area contributed by atoms with Crippen LogP contribution in [0.2, 0.25) is 0 Å². The minimum absolute atomic E-state index is 0.237. The van der Waals surface area contributed by atoms with Crippen molar-refractivity contribution in [2.24, 2.45) is 0 Å². The maximum Gasteiger partial charge on any atom is 0.212 e. The molecule has 0 aromatic heterocycles. The van der Waals surface area contributed by atoms with Crippen LogP contribution in [0.3, 0.4) is 0 Å². The number of hydrogen-bond acceptors (Lipinski definition) is 3. The third kappa shape index (κ3) is 4.39. The van der Waals surface area contributed by atoms with E-state index >= 15 is 0 Å². The summed E-state index contributed by atoms with van der Waals surface area (Å²) in [5.41, 5.74) is 0. The molecule has 14 heavy (non-hydrogen) atoms. The number of hydrogen-bond donors (Lipinski definition) is 1. The van der Waals surface area contributed by atoms with E-state index in [1.807, 2.05) is 0 Å². The van der Waals surface area contributed by atoms with Gasteiger partial charge < -0.3 is 4.90 Å². The number of nitrogens with zero attached hydrogens (tertiary/aromatic N) is 1. The van der Waals surface area contributed by atoms with Crippen LogP contribution in [-0.4, -0.2) is 45.2 Å². The first-order valence-electron chi connectivity index (χ1n) is 5.34. The SMILES string of the molecule is CCNS(=O)(=O)CCN1CCCCC1. The Morgan fingerprint density at radius 2 is 1.86 bits per heavy atom. The Morgan fingerprint density at radius 3 is 2.43 bits per heavy atom. The highest BCUT2D eigenvalue weighted by atomic mass is 32.2. The molecule has 1 N–H and O–H groups in total. The fourth-order valence-electron chi connectivity index (χ4n) is 1.72. The monoisotopic (exact) mass is 220 g/mol. The first-order chi connectivity index (χ1) is 6.64. The van der Waals surface area contributed by atoms with Crippen LogP contribution in [0, 0.1) is 0 Å². The summed E-state index contributed by atoms with van der Waals surface area (Å²) in [5, 5.41) is 0. The first-order valence-corrected chi connectivity index (χ1v) is 6.99. The molecule has 0 aromatic rings. The van der Waals surface area contributed by atoms with Crippen molar-refractivity contribution in [1.29, 1.82) is 0 Å². The molecule has 0 saturated carbocycles. The summed E-state index contributed by atoms with van der Waals surface area (Å²) in [7, 11) is -3.02. The fraction of sp³-hybridized carbons (Fsp3) is 1.00. The molecule has 0 radical (unpaired) electrons. The summed E-state index contributed by atoms with van der Waals surface area (Å²) in [4.78, 5) is 2.23. The van der Waals surface area contributed by atoms with Crippen LogP contribution in [-0.2, 0) is 10.0 Å². The largest absolute Gasteiger partial charge is 0.302 e. The topological polar surface area (TPSA) is 49.4 Å². The lowest BCUT2D eigenvalue weighted by atomic mass is 10.1. The van der Waals surface area contributed by atoms with Crippen molar-refractivity contribution in [1.82, 2.24) is 9.62 Å². The van der Waals surface area contributed by atoms with Gasteiger partial charge in [-0.05, 0) is 25.9 Å². The molecule has 5 heteroatoms. The summed E-state index contributed by atoms with van der Waals surface area (Å²) in [6.07, 6.45) is 3.71. The minimum atomic E-state index is -3.02. The fourth-order valence-corrected chi connectivity index (χ4v) is 2.81. The second-order valence-corrected chi connectivity index (χ2v) is 5.65. The predicted molar refractivity (Wildman–Crippen MR) is 57.8 cm³/mol. The average molecular weight is 220 g/mol. The molecular weight excluding hydrogens is 200 g/mol. The molecule has 1 heterocycles. The Balaban J connectivity index is 2.24. The first kappa shape index (κ1) is 11.9.